The molecule has 2 aliphatic rings. The Balaban J connectivity index is 1.54. The molecule has 1 saturated heterocycles. The molecule has 3 aromatic rings. The van der Waals surface area contributed by atoms with Crippen molar-refractivity contribution in [3.05, 3.63) is 82.6 Å². The first kappa shape index (κ1) is 31.5. The molecular weight excluding hydrogens is 604 g/mol. The molecule has 10 nitrogen and oxygen atoms in total. The number of hydrogen-bond acceptors (Lipinski definition) is 7. The Bertz CT molecular complexity index is 1700. The molecular formula is C32H28ClF2N7O3. The van der Waals surface area contributed by atoms with Gasteiger partial charge in [-0.3, -0.25) is 24.2 Å². The van der Waals surface area contributed by atoms with Crippen molar-refractivity contribution in [1.82, 2.24) is 15.3 Å². The molecule has 13 heteroatoms. The lowest BCUT2D eigenvalue weighted by atomic mass is 9.91. The number of anilines is 2. The van der Waals surface area contributed by atoms with E-state index in [1.807, 2.05) is 12.1 Å². The summed E-state index contributed by atoms with van der Waals surface area (Å²) in [6.07, 6.45) is 0.874. The van der Waals surface area contributed by atoms with E-state index in [0.717, 1.165) is 0 Å². The molecule has 45 heavy (non-hydrogen) atoms. The number of rotatable bonds is 8. The van der Waals surface area contributed by atoms with E-state index in [1.165, 1.54) is 28.1 Å². The van der Waals surface area contributed by atoms with Crippen molar-refractivity contribution in [2.24, 2.45) is 0 Å². The quantitative estimate of drug-likeness (QED) is 0.359. The third-order valence-corrected chi connectivity index (χ3v) is 8.34. The number of amides is 3. The minimum Gasteiger partial charge on any atom is -0.351 e. The highest BCUT2D eigenvalue weighted by molar-refractivity contribution is 6.31. The molecule has 2 heterocycles. The first-order chi connectivity index (χ1) is 21.6. The molecule has 1 aliphatic heterocycles. The summed E-state index contributed by atoms with van der Waals surface area (Å²) < 4.78 is 27.7. The summed E-state index contributed by atoms with van der Waals surface area (Å²) in [6, 6.07) is 15.4. The Hall–Kier alpha value is -4.94. The maximum atomic E-state index is 14.4. The topological polar surface area (TPSA) is 143 Å². The number of hydrogen-bond donors (Lipinski definition) is 1. The zero-order chi connectivity index (χ0) is 32.1. The van der Waals surface area contributed by atoms with E-state index in [0.29, 0.717) is 0 Å². The Kier molecular flexibility index (Phi) is 9.35. The SMILES string of the molecule is N#Cc1cccc(N(C(=O)C[C@@H]2CCC(=O)N2c2nccc(C#N)n2)[C@H](C(=O)NC2CCC(F)(F)CC2)c2ccccc2Cl)c1. The van der Waals surface area contributed by atoms with Crippen LogP contribution in [0.1, 0.15) is 67.8 Å². The molecule has 2 fully saturated rings. The van der Waals surface area contributed by atoms with Gasteiger partial charge in [-0.1, -0.05) is 35.9 Å². The smallest absolute Gasteiger partial charge is 0.248 e. The summed E-state index contributed by atoms with van der Waals surface area (Å²) in [5.41, 5.74) is 0.805. The lowest BCUT2D eigenvalue weighted by Gasteiger charge is -2.35. The van der Waals surface area contributed by atoms with Gasteiger partial charge in [0, 0.05) is 60.2 Å². The van der Waals surface area contributed by atoms with E-state index in [1.54, 1.807) is 42.5 Å². The van der Waals surface area contributed by atoms with Crippen molar-refractivity contribution < 1.29 is 23.2 Å². The van der Waals surface area contributed by atoms with Gasteiger partial charge in [0.05, 0.1) is 11.6 Å². The van der Waals surface area contributed by atoms with Crippen LogP contribution < -0.4 is 15.1 Å². The van der Waals surface area contributed by atoms with Crippen molar-refractivity contribution in [3.8, 4) is 12.1 Å². The minimum atomic E-state index is -2.80. The van der Waals surface area contributed by atoms with Gasteiger partial charge < -0.3 is 5.32 Å². The maximum Gasteiger partial charge on any atom is 0.248 e. The highest BCUT2D eigenvalue weighted by Crippen LogP contribution is 2.37. The standard InChI is InChI=1S/C32H28ClF2N7O3/c33-26-7-2-1-6-25(26)29(30(45)39-21-10-13-32(34,35)14-11-21)41(23-5-3-4-20(16-23)18-36)28(44)17-24-8-9-27(43)42(24)31-38-15-12-22(19-37)40-31/h1-7,12,15-16,21,24,29H,8-11,13-14,17H2,(H,39,45)/t24-,29-/m0/s1. The van der Waals surface area contributed by atoms with Gasteiger partial charge in [-0.2, -0.15) is 10.5 Å². The van der Waals surface area contributed by atoms with Crippen molar-refractivity contribution >= 4 is 41.0 Å². The Labute approximate surface area is 263 Å². The van der Waals surface area contributed by atoms with Gasteiger partial charge in [0.2, 0.25) is 29.6 Å². The lowest BCUT2D eigenvalue weighted by Crippen LogP contribution is -2.49. The first-order valence-electron chi connectivity index (χ1n) is 14.4. The molecule has 1 aromatic heterocycles. The fourth-order valence-corrected chi connectivity index (χ4v) is 6.00. The zero-order valence-electron chi connectivity index (χ0n) is 24.0. The number of alkyl halides is 2. The summed E-state index contributed by atoms with van der Waals surface area (Å²) in [4.78, 5) is 52.3. The monoisotopic (exact) mass is 631 g/mol. The van der Waals surface area contributed by atoms with Crippen LogP contribution >= 0.6 is 11.6 Å². The Morgan fingerprint density at radius 3 is 2.56 bits per heavy atom. The lowest BCUT2D eigenvalue weighted by molar-refractivity contribution is -0.128. The second kappa shape index (κ2) is 13.4. The molecule has 2 aromatic carbocycles. The Morgan fingerprint density at radius 2 is 1.84 bits per heavy atom. The van der Waals surface area contributed by atoms with E-state index in [2.05, 4.69) is 15.3 Å². The zero-order valence-corrected chi connectivity index (χ0v) is 24.8. The third kappa shape index (κ3) is 7.08. The summed E-state index contributed by atoms with van der Waals surface area (Å²) in [6.45, 7) is 0. The van der Waals surface area contributed by atoms with E-state index in [4.69, 9.17) is 11.6 Å². The van der Waals surface area contributed by atoms with Gasteiger partial charge in [-0.05, 0) is 49.6 Å². The molecule has 1 aliphatic carbocycles. The second-order valence-corrected chi connectivity index (χ2v) is 11.4. The number of halogens is 3. The van der Waals surface area contributed by atoms with Crippen LogP contribution in [0.5, 0.6) is 0 Å². The molecule has 0 unspecified atom stereocenters. The van der Waals surface area contributed by atoms with Crippen LogP contribution in [0.15, 0.2) is 60.8 Å². The van der Waals surface area contributed by atoms with Crippen molar-refractivity contribution in [3.63, 3.8) is 0 Å². The van der Waals surface area contributed by atoms with Gasteiger partial charge in [-0.15, -0.1) is 0 Å². The number of aromatic nitrogens is 2. The molecule has 3 amide bonds. The Morgan fingerprint density at radius 1 is 1.09 bits per heavy atom. The van der Waals surface area contributed by atoms with Gasteiger partial charge in [0.15, 0.2) is 0 Å². The third-order valence-electron chi connectivity index (χ3n) is 8.00. The summed E-state index contributed by atoms with van der Waals surface area (Å²) >= 11 is 6.59. The molecule has 2 atom stereocenters. The average molecular weight is 632 g/mol. The van der Waals surface area contributed by atoms with Crippen LogP contribution in [0.25, 0.3) is 0 Å². The first-order valence-corrected chi connectivity index (χ1v) is 14.8. The van der Waals surface area contributed by atoms with E-state index in [-0.39, 0.29) is 84.3 Å². The normalized spacial score (nSPS) is 18.5. The fourth-order valence-electron chi connectivity index (χ4n) is 5.76. The van der Waals surface area contributed by atoms with Crippen molar-refractivity contribution in [1.29, 1.82) is 10.5 Å². The number of nitrogens with zero attached hydrogens (tertiary/aromatic N) is 6. The van der Waals surface area contributed by atoms with E-state index >= 15 is 0 Å². The number of carbonyl (C=O) groups excluding carboxylic acids is 3. The van der Waals surface area contributed by atoms with Gasteiger partial charge in [0.1, 0.15) is 17.8 Å². The fraction of sp³-hybridized carbons (Fsp3) is 0.344. The number of nitriles is 2. The van der Waals surface area contributed by atoms with Gasteiger partial charge in [-0.25, -0.2) is 18.7 Å². The summed E-state index contributed by atoms with van der Waals surface area (Å²) in [5.74, 6) is -4.33. The van der Waals surface area contributed by atoms with Crippen LogP contribution in [0.4, 0.5) is 20.4 Å². The molecule has 5 rings (SSSR count). The second-order valence-electron chi connectivity index (χ2n) is 11.0. The highest BCUT2D eigenvalue weighted by Gasteiger charge is 2.41. The molecule has 1 N–H and O–H groups in total. The summed E-state index contributed by atoms with van der Waals surface area (Å²) in [7, 11) is 0. The van der Waals surface area contributed by atoms with Crippen LogP contribution in [0.2, 0.25) is 5.02 Å². The van der Waals surface area contributed by atoms with Crippen LogP contribution in [-0.2, 0) is 14.4 Å². The van der Waals surface area contributed by atoms with E-state index in [9.17, 15) is 33.7 Å². The van der Waals surface area contributed by atoms with Crippen LogP contribution in [-0.4, -0.2) is 45.7 Å². The predicted molar refractivity (Wildman–Crippen MR) is 160 cm³/mol. The highest BCUT2D eigenvalue weighted by atomic mass is 35.5. The molecule has 230 valence electrons. The number of nitrogens with one attached hydrogen (secondary N) is 1. The minimum absolute atomic E-state index is 0.0122. The van der Waals surface area contributed by atoms with E-state index < -0.39 is 35.9 Å². The number of carbonyl (C=O) groups is 3. The van der Waals surface area contributed by atoms with Crippen LogP contribution in [0.3, 0.4) is 0 Å². The number of benzene rings is 2. The largest absolute Gasteiger partial charge is 0.351 e. The molecule has 1 saturated carbocycles. The van der Waals surface area contributed by atoms with Crippen LogP contribution in [0, 0.1) is 22.7 Å². The summed E-state index contributed by atoms with van der Waals surface area (Å²) in [5, 5.41) is 22.0. The molecule has 0 spiro atoms. The maximum absolute atomic E-state index is 14.4. The van der Waals surface area contributed by atoms with Crippen molar-refractivity contribution in [2.75, 3.05) is 9.80 Å². The average Bonchev–Trinajstić information content (AvgIpc) is 3.40. The van der Waals surface area contributed by atoms with Crippen molar-refractivity contribution in [2.45, 2.75) is 69.0 Å². The molecule has 0 radical (unpaired) electrons. The van der Waals surface area contributed by atoms with Gasteiger partial charge in [0.25, 0.3) is 0 Å². The molecule has 0 bridgehead atoms. The van der Waals surface area contributed by atoms with Gasteiger partial charge >= 0.3 is 0 Å². The predicted octanol–water partition coefficient (Wildman–Crippen LogP) is 5.23.